The summed E-state index contributed by atoms with van der Waals surface area (Å²) in [7, 11) is 0. The van der Waals surface area contributed by atoms with Crippen LogP contribution in [0.3, 0.4) is 0 Å². The summed E-state index contributed by atoms with van der Waals surface area (Å²) in [5.41, 5.74) is 0.646. The van der Waals surface area contributed by atoms with Crippen LogP contribution in [0, 0.1) is 5.92 Å². The molecule has 0 saturated carbocycles. The van der Waals surface area contributed by atoms with Crippen molar-refractivity contribution in [2.75, 3.05) is 6.61 Å². The Morgan fingerprint density at radius 1 is 1.44 bits per heavy atom. The summed E-state index contributed by atoms with van der Waals surface area (Å²) in [6, 6.07) is 5.10. The second kappa shape index (κ2) is 4.92. The molecular formula is C12H14Cl2O2. The van der Waals surface area contributed by atoms with Crippen LogP contribution in [0.2, 0.25) is 10.0 Å². The number of hydrogen-bond donors (Lipinski definition) is 1. The molecule has 1 fully saturated rings. The van der Waals surface area contributed by atoms with Crippen LogP contribution in [0.25, 0.3) is 0 Å². The van der Waals surface area contributed by atoms with Crippen LogP contribution >= 0.6 is 23.2 Å². The zero-order valence-corrected chi connectivity index (χ0v) is 10.5. The molecule has 0 amide bonds. The molecule has 2 nitrogen and oxygen atoms in total. The lowest BCUT2D eigenvalue weighted by molar-refractivity contribution is -0.0177. The smallest absolute Gasteiger partial charge is 0.107 e. The molecule has 1 aliphatic heterocycles. The fourth-order valence-electron chi connectivity index (χ4n) is 2.04. The molecule has 3 unspecified atom stereocenters. The molecular weight excluding hydrogens is 247 g/mol. The van der Waals surface area contributed by atoms with E-state index in [2.05, 4.69) is 6.92 Å². The van der Waals surface area contributed by atoms with Gasteiger partial charge in [-0.05, 0) is 30.5 Å². The number of hydrogen-bond acceptors (Lipinski definition) is 2. The number of ether oxygens (including phenoxy) is 1. The van der Waals surface area contributed by atoms with Crippen molar-refractivity contribution in [3.8, 4) is 0 Å². The molecule has 1 saturated heterocycles. The van der Waals surface area contributed by atoms with Crippen LogP contribution in [0.5, 0.6) is 0 Å². The maximum Gasteiger partial charge on any atom is 0.107 e. The van der Waals surface area contributed by atoms with Gasteiger partial charge >= 0.3 is 0 Å². The molecule has 16 heavy (non-hydrogen) atoms. The van der Waals surface area contributed by atoms with Crippen LogP contribution in [-0.2, 0) is 4.74 Å². The summed E-state index contributed by atoms with van der Waals surface area (Å²) >= 11 is 11.9. The lowest BCUT2D eigenvalue weighted by atomic mass is 9.95. The number of benzene rings is 1. The minimum atomic E-state index is -0.705. The molecule has 0 spiro atoms. The van der Waals surface area contributed by atoms with Crippen molar-refractivity contribution < 1.29 is 9.84 Å². The Balaban J connectivity index is 2.25. The fourth-order valence-corrected chi connectivity index (χ4v) is 2.45. The Bertz CT molecular complexity index is 381. The molecule has 1 N–H and O–H groups in total. The molecule has 4 heteroatoms. The van der Waals surface area contributed by atoms with Gasteiger partial charge in [0.1, 0.15) is 6.10 Å². The molecule has 0 aliphatic carbocycles. The third-order valence-corrected chi connectivity index (χ3v) is 3.61. The van der Waals surface area contributed by atoms with Gasteiger partial charge in [-0.1, -0.05) is 30.1 Å². The van der Waals surface area contributed by atoms with E-state index in [-0.39, 0.29) is 6.10 Å². The van der Waals surface area contributed by atoms with Crippen LogP contribution in [0.15, 0.2) is 18.2 Å². The van der Waals surface area contributed by atoms with Gasteiger partial charge in [0.15, 0.2) is 0 Å². The Hall–Kier alpha value is -0.280. The Kier molecular flexibility index (Phi) is 3.75. The van der Waals surface area contributed by atoms with Crippen LogP contribution in [0.1, 0.15) is 25.0 Å². The molecule has 88 valence electrons. The third kappa shape index (κ3) is 2.35. The van der Waals surface area contributed by atoms with E-state index in [1.807, 2.05) is 0 Å². The fraction of sp³-hybridized carbons (Fsp3) is 0.500. The topological polar surface area (TPSA) is 29.5 Å². The first-order valence-electron chi connectivity index (χ1n) is 5.34. The predicted octanol–water partition coefficient (Wildman–Crippen LogP) is 3.45. The maximum atomic E-state index is 10.2. The summed E-state index contributed by atoms with van der Waals surface area (Å²) < 4.78 is 5.52. The summed E-state index contributed by atoms with van der Waals surface area (Å²) in [4.78, 5) is 0. The first kappa shape index (κ1) is 12.2. The molecule has 3 atom stereocenters. The minimum absolute atomic E-state index is 0.184. The summed E-state index contributed by atoms with van der Waals surface area (Å²) in [5.74, 6) is 0.338. The molecule has 0 aromatic heterocycles. The number of rotatable bonds is 2. The number of aliphatic hydroxyl groups is 1. The molecule has 0 bridgehead atoms. The molecule has 1 aromatic carbocycles. The van der Waals surface area contributed by atoms with E-state index in [9.17, 15) is 5.11 Å². The quantitative estimate of drug-likeness (QED) is 0.883. The third-order valence-electron chi connectivity index (χ3n) is 3.03. The first-order chi connectivity index (χ1) is 7.59. The first-order valence-corrected chi connectivity index (χ1v) is 6.10. The Morgan fingerprint density at radius 2 is 2.19 bits per heavy atom. The van der Waals surface area contributed by atoms with E-state index in [1.165, 1.54) is 0 Å². The number of halogens is 2. The molecule has 1 aromatic rings. The van der Waals surface area contributed by atoms with E-state index in [1.54, 1.807) is 18.2 Å². The summed E-state index contributed by atoms with van der Waals surface area (Å²) in [5, 5.41) is 11.3. The zero-order chi connectivity index (χ0) is 11.7. The zero-order valence-electron chi connectivity index (χ0n) is 8.99. The maximum absolute atomic E-state index is 10.2. The summed E-state index contributed by atoms with van der Waals surface area (Å²) in [6.45, 7) is 2.76. The molecule has 2 rings (SSSR count). The van der Waals surface area contributed by atoms with E-state index in [0.29, 0.717) is 28.1 Å². The van der Waals surface area contributed by atoms with Crippen molar-refractivity contribution in [3.05, 3.63) is 33.8 Å². The van der Waals surface area contributed by atoms with Crippen molar-refractivity contribution in [3.63, 3.8) is 0 Å². The molecule has 1 heterocycles. The van der Waals surface area contributed by atoms with Crippen molar-refractivity contribution >= 4 is 23.2 Å². The van der Waals surface area contributed by atoms with Gasteiger partial charge < -0.3 is 9.84 Å². The SMILES string of the molecule is CC1CCOC1C(O)c1cc(Cl)ccc1Cl. The highest BCUT2D eigenvalue weighted by Crippen LogP contribution is 2.35. The monoisotopic (exact) mass is 260 g/mol. The van der Waals surface area contributed by atoms with Crippen molar-refractivity contribution in [1.29, 1.82) is 0 Å². The average Bonchev–Trinajstić information content (AvgIpc) is 2.67. The van der Waals surface area contributed by atoms with Gasteiger partial charge in [0, 0.05) is 22.2 Å². The highest BCUT2D eigenvalue weighted by Gasteiger charge is 2.32. The highest BCUT2D eigenvalue weighted by molar-refractivity contribution is 6.33. The number of aliphatic hydroxyl groups excluding tert-OH is 1. The van der Waals surface area contributed by atoms with Crippen molar-refractivity contribution in [2.24, 2.45) is 5.92 Å². The predicted molar refractivity (Wildman–Crippen MR) is 64.9 cm³/mol. The molecule has 1 aliphatic rings. The largest absolute Gasteiger partial charge is 0.386 e. The van der Waals surface area contributed by atoms with E-state index in [0.717, 1.165) is 6.42 Å². The Labute approximate surface area is 105 Å². The van der Waals surface area contributed by atoms with E-state index < -0.39 is 6.10 Å². The van der Waals surface area contributed by atoms with Gasteiger partial charge in [0.2, 0.25) is 0 Å². The standard InChI is InChI=1S/C12H14Cl2O2/c1-7-4-5-16-12(7)11(15)9-6-8(13)2-3-10(9)14/h2-3,6-7,11-12,15H,4-5H2,1H3. The van der Waals surface area contributed by atoms with E-state index >= 15 is 0 Å². The van der Waals surface area contributed by atoms with E-state index in [4.69, 9.17) is 27.9 Å². The van der Waals surface area contributed by atoms with Gasteiger partial charge in [0.25, 0.3) is 0 Å². The minimum Gasteiger partial charge on any atom is -0.386 e. The van der Waals surface area contributed by atoms with Crippen LogP contribution < -0.4 is 0 Å². The van der Waals surface area contributed by atoms with Crippen molar-refractivity contribution in [2.45, 2.75) is 25.6 Å². The van der Waals surface area contributed by atoms with Gasteiger partial charge in [-0.3, -0.25) is 0 Å². The summed E-state index contributed by atoms with van der Waals surface area (Å²) in [6.07, 6.45) is 0.0829. The van der Waals surface area contributed by atoms with Crippen LogP contribution in [-0.4, -0.2) is 17.8 Å². The second-order valence-corrected chi connectivity index (χ2v) is 5.06. The van der Waals surface area contributed by atoms with Crippen molar-refractivity contribution in [1.82, 2.24) is 0 Å². The van der Waals surface area contributed by atoms with Crippen LogP contribution in [0.4, 0.5) is 0 Å². The lowest BCUT2D eigenvalue weighted by Crippen LogP contribution is -2.23. The molecule has 0 radical (unpaired) electrons. The van der Waals surface area contributed by atoms with Gasteiger partial charge in [-0.15, -0.1) is 0 Å². The average molecular weight is 261 g/mol. The van der Waals surface area contributed by atoms with Gasteiger partial charge in [0.05, 0.1) is 6.10 Å². The second-order valence-electron chi connectivity index (χ2n) is 4.21. The van der Waals surface area contributed by atoms with Gasteiger partial charge in [-0.25, -0.2) is 0 Å². The normalized spacial score (nSPS) is 27.0. The lowest BCUT2D eigenvalue weighted by Gasteiger charge is -2.22. The Morgan fingerprint density at radius 3 is 2.81 bits per heavy atom. The highest BCUT2D eigenvalue weighted by atomic mass is 35.5. The van der Waals surface area contributed by atoms with Gasteiger partial charge in [-0.2, -0.15) is 0 Å².